The van der Waals surface area contributed by atoms with Gasteiger partial charge in [-0.2, -0.15) is 0 Å². The summed E-state index contributed by atoms with van der Waals surface area (Å²) in [7, 11) is 1.34. The average Bonchev–Trinajstić information content (AvgIpc) is 2.04. The smallest absolute Gasteiger partial charge is 0.407 e. The minimum atomic E-state index is -0.614. The van der Waals surface area contributed by atoms with Crippen LogP contribution in [-0.2, 0) is 0 Å². The quantitative estimate of drug-likeness (QED) is 0.440. The largest absolute Gasteiger partial charge is 0.489 e. The molecule has 0 bridgehead atoms. The molecule has 0 saturated heterocycles. The van der Waals surface area contributed by atoms with Gasteiger partial charge in [-0.3, -0.25) is 0 Å². The Morgan fingerprint density at radius 2 is 2.50 bits per heavy atom. The summed E-state index contributed by atoms with van der Waals surface area (Å²) < 4.78 is 4.99. The highest BCUT2D eigenvalue weighted by Crippen LogP contribution is 2.25. The lowest BCUT2D eigenvalue weighted by molar-refractivity contribution is -0.390. The van der Waals surface area contributed by atoms with Crippen molar-refractivity contribution in [2.75, 3.05) is 7.11 Å². The number of nitro groups is 1. The molecule has 0 spiro atoms. The first-order chi connectivity index (χ1) is 5.65. The third-order valence-corrected chi connectivity index (χ3v) is 1.55. The zero-order valence-electron chi connectivity index (χ0n) is 6.07. The van der Waals surface area contributed by atoms with Gasteiger partial charge < -0.3 is 14.9 Å². The summed E-state index contributed by atoms with van der Waals surface area (Å²) in [6, 6.07) is 3.98. The molecule has 1 aromatic heterocycles. The van der Waals surface area contributed by atoms with Crippen LogP contribution >= 0.6 is 15.9 Å². The summed E-state index contributed by atoms with van der Waals surface area (Å²) >= 11 is 2.97. The molecule has 0 aliphatic carbocycles. The fourth-order valence-corrected chi connectivity index (χ4v) is 0.933. The van der Waals surface area contributed by atoms with Gasteiger partial charge in [0.1, 0.15) is 0 Å². The van der Waals surface area contributed by atoms with E-state index in [1.165, 1.54) is 13.2 Å². The third-order valence-electron chi connectivity index (χ3n) is 1.14. The monoisotopic (exact) mass is 231 g/mol. The van der Waals surface area contributed by atoms with Crippen LogP contribution in [0.25, 0.3) is 0 Å². The first-order valence-electron chi connectivity index (χ1n) is 2.91. The van der Waals surface area contributed by atoms with E-state index in [4.69, 9.17) is 4.74 Å². The van der Waals surface area contributed by atoms with E-state index in [1.807, 2.05) is 0 Å². The lowest BCUT2D eigenvalue weighted by Crippen LogP contribution is -1.96. The van der Waals surface area contributed by atoms with Gasteiger partial charge in [-0.05, 0) is 9.91 Å². The van der Waals surface area contributed by atoms with E-state index in [0.29, 0.717) is 0 Å². The Morgan fingerprint density at radius 3 is 3.00 bits per heavy atom. The molecule has 0 N–H and O–H groups in total. The van der Waals surface area contributed by atoms with E-state index < -0.39 is 4.92 Å². The molecule has 0 saturated carbocycles. The van der Waals surface area contributed by atoms with E-state index in [9.17, 15) is 10.1 Å². The Morgan fingerprint density at radius 1 is 1.83 bits per heavy atom. The molecule has 1 rings (SSSR count). The molecular formula is C6H4BrN2O3. The van der Waals surface area contributed by atoms with Crippen molar-refractivity contribution in [2.45, 2.75) is 0 Å². The highest BCUT2D eigenvalue weighted by molar-refractivity contribution is 9.10. The number of methoxy groups -OCH3 is 1. The number of pyridine rings is 1. The normalized spacial score (nSPS) is 9.50. The van der Waals surface area contributed by atoms with Crippen molar-refractivity contribution in [3.63, 3.8) is 0 Å². The number of hydrogen-bond acceptors (Lipinski definition) is 4. The standard InChI is InChI=1S/C6H4BrN2O3/c1-12-4-2-3-5(7)8-6(4)9(10)11/h2H,1H3. The van der Waals surface area contributed by atoms with Crippen molar-refractivity contribution >= 4 is 21.7 Å². The number of halogens is 1. The minimum absolute atomic E-state index is 0.100. The molecule has 6 heteroatoms. The predicted molar refractivity (Wildman–Crippen MR) is 44.0 cm³/mol. The molecule has 63 valence electrons. The fourth-order valence-electron chi connectivity index (χ4n) is 0.651. The van der Waals surface area contributed by atoms with E-state index in [-0.39, 0.29) is 16.2 Å². The summed E-state index contributed by atoms with van der Waals surface area (Å²) in [4.78, 5) is 13.3. The lowest BCUT2D eigenvalue weighted by atomic mass is 10.4. The van der Waals surface area contributed by atoms with Gasteiger partial charge in [-0.25, -0.2) is 0 Å². The molecule has 0 unspecified atom stereocenters. The Bertz CT molecular complexity index is 316. The lowest BCUT2D eigenvalue weighted by Gasteiger charge is -1.98. The van der Waals surface area contributed by atoms with Gasteiger partial charge >= 0.3 is 5.82 Å². The summed E-state index contributed by atoms with van der Waals surface area (Å²) in [6.07, 6.45) is 0. The SMILES string of the molecule is COc1c[c]c(Br)nc1[N+](=O)[O-]. The van der Waals surface area contributed by atoms with Crippen LogP contribution in [0.15, 0.2) is 10.7 Å². The topological polar surface area (TPSA) is 65.3 Å². The van der Waals surface area contributed by atoms with E-state index in [2.05, 4.69) is 27.0 Å². The zero-order valence-corrected chi connectivity index (χ0v) is 7.66. The van der Waals surface area contributed by atoms with E-state index in [0.717, 1.165) is 0 Å². The molecular weight excluding hydrogens is 228 g/mol. The molecule has 1 radical (unpaired) electrons. The van der Waals surface area contributed by atoms with Gasteiger partial charge in [0, 0.05) is 28.1 Å². The summed E-state index contributed by atoms with van der Waals surface area (Å²) in [5.74, 6) is -0.216. The number of ether oxygens (including phenoxy) is 1. The Balaban J connectivity index is 3.21. The highest BCUT2D eigenvalue weighted by atomic mass is 79.9. The van der Waals surface area contributed by atoms with Crippen LogP contribution in [-0.4, -0.2) is 17.0 Å². The van der Waals surface area contributed by atoms with Crippen molar-refractivity contribution in [1.29, 1.82) is 0 Å². The molecule has 1 aromatic rings. The number of hydrogen-bond donors (Lipinski definition) is 0. The van der Waals surface area contributed by atoms with Crippen LogP contribution in [0.4, 0.5) is 5.82 Å². The first-order valence-corrected chi connectivity index (χ1v) is 3.71. The van der Waals surface area contributed by atoms with Crippen molar-refractivity contribution in [1.82, 2.24) is 4.98 Å². The maximum absolute atomic E-state index is 10.4. The van der Waals surface area contributed by atoms with Crippen molar-refractivity contribution in [3.05, 3.63) is 26.9 Å². The maximum atomic E-state index is 10.4. The van der Waals surface area contributed by atoms with Gasteiger partial charge in [0.15, 0.2) is 0 Å². The number of nitrogens with zero attached hydrogens (tertiary/aromatic N) is 2. The first kappa shape index (κ1) is 8.92. The van der Waals surface area contributed by atoms with Crippen LogP contribution in [0.3, 0.4) is 0 Å². The minimum Gasteiger partial charge on any atom is -0.489 e. The van der Waals surface area contributed by atoms with Gasteiger partial charge in [0.05, 0.1) is 7.11 Å². The maximum Gasteiger partial charge on any atom is 0.407 e. The molecule has 0 amide bonds. The zero-order chi connectivity index (χ0) is 9.14. The summed E-state index contributed by atoms with van der Waals surface area (Å²) in [6.45, 7) is 0. The Labute approximate surface area is 76.7 Å². The van der Waals surface area contributed by atoms with Crippen LogP contribution in [0.1, 0.15) is 0 Å². The number of rotatable bonds is 2. The second-order valence-corrected chi connectivity index (χ2v) is 2.59. The molecule has 1 heterocycles. The van der Waals surface area contributed by atoms with Crippen LogP contribution in [0, 0.1) is 16.2 Å². The Hall–Kier alpha value is -1.17. The second kappa shape index (κ2) is 3.48. The average molecular weight is 232 g/mol. The molecule has 0 atom stereocenters. The molecule has 0 fully saturated rings. The van der Waals surface area contributed by atoms with E-state index in [1.54, 1.807) is 0 Å². The van der Waals surface area contributed by atoms with Crippen LogP contribution < -0.4 is 4.74 Å². The van der Waals surface area contributed by atoms with Crippen LogP contribution in [0.5, 0.6) is 5.75 Å². The molecule has 5 nitrogen and oxygen atoms in total. The van der Waals surface area contributed by atoms with Gasteiger partial charge in [0.2, 0.25) is 10.4 Å². The van der Waals surface area contributed by atoms with Gasteiger partial charge in [-0.1, -0.05) is 0 Å². The predicted octanol–water partition coefficient (Wildman–Crippen LogP) is 1.56. The second-order valence-electron chi connectivity index (χ2n) is 1.84. The van der Waals surface area contributed by atoms with Crippen molar-refractivity contribution in [2.24, 2.45) is 0 Å². The Kier molecular flexibility index (Phi) is 2.59. The van der Waals surface area contributed by atoms with Crippen molar-refractivity contribution < 1.29 is 9.66 Å². The van der Waals surface area contributed by atoms with Crippen LogP contribution in [0.2, 0.25) is 0 Å². The molecule has 0 aliphatic heterocycles. The molecule has 12 heavy (non-hydrogen) atoms. The van der Waals surface area contributed by atoms with E-state index >= 15 is 0 Å². The molecule has 0 aromatic carbocycles. The summed E-state index contributed by atoms with van der Waals surface area (Å²) in [5.41, 5.74) is 0. The highest BCUT2D eigenvalue weighted by Gasteiger charge is 2.16. The third kappa shape index (κ3) is 1.70. The summed E-state index contributed by atoms with van der Waals surface area (Å²) in [5, 5.41) is 10.4. The van der Waals surface area contributed by atoms with Gasteiger partial charge in [0.25, 0.3) is 0 Å². The fraction of sp³-hybridized carbons (Fsp3) is 0.167. The van der Waals surface area contributed by atoms with Gasteiger partial charge in [-0.15, -0.1) is 0 Å². The molecule has 0 aliphatic rings. The number of aromatic nitrogens is 1. The van der Waals surface area contributed by atoms with Crippen molar-refractivity contribution in [3.8, 4) is 5.75 Å².